The van der Waals surface area contributed by atoms with Crippen LogP contribution in [0.2, 0.25) is 5.02 Å². The molecule has 1 heterocycles. The number of halogens is 2. The predicted octanol–water partition coefficient (Wildman–Crippen LogP) is 3.44. The van der Waals surface area contributed by atoms with E-state index in [-0.39, 0.29) is 11.3 Å². The maximum absolute atomic E-state index is 12.4. The molecular weight excluding hydrogens is 461 g/mol. The van der Waals surface area contributed by atoms with Crippen molar-refractivity contribution in [3.63, 3.8) is 0 Å². The lowest BCUT2D eigenvalue weighted by molar-refractivity contribution is -0.139. The largest absolute Gasteiger partial charge is 0.493 e. The van der Waals surface area contributed by atoms with Crippen LogP contribution in [0.1, 0.15) is 0 Å². The van der Waals surface area contributed by atoms with Crippen molar-refractivity contribution in [2.45, 2.75) is 0 Å². The number of benzene rings is 1. The first-order valence-corrected chi connectivity index (χ1v) is 8.48. The fraction of sp³-hybridized carbons (Fsp3) is 0.176. The van der Waals surface area contributed by atoms with Crippen LogP contribution in [0.25, 0.3) is 0 Å². The summed E-state index contributed by atoms with van der Waals surface area (Å²) in [5.41, 5.74) is 0.427. The molecule has 0 fully saturated rings. The summed E-state index contributed by atoms with van der Waals surface area (Å²) in [4.78, 5) is 26.1. The zero-order valence-corrected chi connectivity index (χ0v) is 16.6. The number of hydrogen-bond acceptors (Lipinski definition) is 6. The van der Waals surface area contributed by atoms with Gasteiger partial charge < -0.3 is 19.1 Å². The molecule has 0 N–H and O–H groups in total. The molecule has 0 saturated carbocycles. The van der Waals surface area contributed by atoms with E-state index in [1.807, 2.05) is 0 Å². The number of allylic oxidation sites excluding steroid dienone is 2. The molecule has 0 spiro atoms. The molecule has 0 aliphatic carbocycles. The Morgan fingerprint density at radius 3 is 2.36 bits per heavy atom. The van der Waals surface area contributed by atoms with Crippen LogP contribution in [0.15, 0.2) is 47.8 Å². The van der Waals surface area contributed by atoms with E-state index < -0.39 is 11.9 Å². The van der Waals surface area contributed by atoms with Crippen LogP contribution in [0.4, 0.5) is 5.69 Å². The first-order chi connectivity index (χ1) is 12.0. The van der Waals surface area contributed by atoms with Crippen molar-refractivity contribution in [2.75, 3.05) is 26.2 Å². The molecule has 6 nitrogen and oxygen atoms in total. The number of carbonyl (C=O) groups is 2. The Kier molecular flexibility index (Phi) is 6.49. The minimum Gasteiger partial charge on any atom is -0.493 e. The molecule has 1 aromatic rings. The normalized spacial score (nSPS) is 13.6. The van der Waals surface area contributed by atoms with E-state index >= 15 is 0 Å². The average molecular weight is 476 g/mol. The van der Waals surface area contributed by atoms with Crippen LogP contribution < -0.4 is 9.64 Å². The van der Waals surface area contributed by atoms with Crippen molar-refractivity contribution in [3.8, 4) is 5.75 Å². The highest BCUT2D eigenvalue weighted by molar-refractivity contribution is 14.1. The van der Waals surface area contributed by atoms with Gasteiger partial charge in [0.15, 0.2) is 5.75 Å². The van der Waals surface area contributed by atoms with E-state index in [0.29, 0.717) is 16.5 Å². The van der Waals surface area contributed by atoms with E-state index in [2.05, 4.69) is 22.6 Å². The molecular formula is C17H15ClINO5. The number of ether oxygens (including phenoxy) is 3. The number of rotatable bonds is 4. The second kappa shape index (κ2) is 8.39. The number of carbonyl (C=O) groups excluding carboxylic acids is 2. The van der Waals surface area contributed by atoms with Crippen LogP contribution in [0.5, 0.6) is 5.75 Å². The van der Waals surface area contributed by atoms with Crippen molar-refractivity contribution in [2.24, 2.45) is 0 Å². The van der Waals surface area contributed by atoms with Crippen LogP contribution in [-0.4, -0.2) is 33.3 Å². The topological polar surface area (TPSA) is 65.1 Å². The van der Waals surface area contributed by atoms with Gasteiger partial charge in [0.25, 0.3) is 0 Å². The smallest absolute Gasteiger partial charge is 0.355 e. The third kappa shape index (κ3) is 3.82. The highest BCUT2D eigenvalue weighted by Gasteiger charge is 2.30. The first kappa shape index (κ1) is 19.3. The van der Waals surface area contributed by atoms with Gasteiger partial charge in [0.05, 0.1) is 35.5 Å². The Morgan fingerprint density at radius 1 is 1.08 bits per heavy atom. The molecule has 0 amide bonds. The molecule has 0 aromatic heterocycles. The number of esters is 2. The van der Waals surface area contributed by atoms with E-state index in [4.69, 9.17) is 25.8 Å². The van der Waals surface area contributed by atoms with E-state index in [1.54, 1.807) is 30.5 Å². The lowest BCUT2D eigenvalue weighted by Crippen LogP contribution is -2.27. The summed E-state index contributed by atoms with van der Waals surface area (Å²) in [6, 6.07) is 3.47. The molecule has 0 saturated heterocycles. The molecule has 0 atom stereocenters. The molecule has 8 heteroatoms. The van der Waals surface area contributed by atoms with Crippen LogP contribution in [0.3, 0.4) is 0 Å². The molecule has 0 unspecified atom stereocenters. The molecule has 132 valence electrons. The van der Waals surface area contributed by atoms with Crippen LogP contribution in [0, 0.1) is 3.57 Å². The number of hydrogen-bond donors (Lipinski definition) is 0. The van der Waals surface area contributed by atoms with Crippen molar-refractivity contribution < 1.29 is 23.8 Å². The summed E-state index contributed by atoms with van der Waals surface area (Å²) in [5.74, 6) is -0.926. The summed E-state index contributed by atoms with van der Waals surface area (Å²) in [5, 5.41) is 0.342. The summed E-state index contributed by atoms with van der Waals surface area (Å²) < 4.78 is 15.9. The van der Waals surface area contributed by atoms with Gasteiger partial charge in [-0.3, -0.25) is 0 Å². The van der Waals surface area contributed by atoms with E-state index in [0.717, 1.165) is 3.57 Å². The van der Waals surface area contributed by atoms with E-state index in [1.165, 1.54) is 32.3 Å². The quantitative estimate of drug-likeness (QED) is 0.491. The van der Waals surface area contributed by atoms with Crippen molar-refractivity contribution in [1.29, 1.82) is 0 Å². The zero-order valence-electron chi connectivity index (χ0n) is 13.7. The Hall–Kier alpha value is -2.00. The van der Waals surface area contributed by atoms with Gasteiger partial charge in [0, 0.05) is 6.20 Å². The van der Waals surface area contributed by atoms with Gasteiger partial charge in [-0.25, -0.2) is 9.59 Å². The zero-order chi connectivity index (χ0) is 18.6. The lowest BCUT2D eigenvalue weighted by atomic mass is 10.1. The van der Waals surface area contributed by atoms with Crippen molar-refractivity contribution in [3.05, 3.63) is 56.4 Å². The van der Waals surface area contributed by atoms with Crippen molar-refractivity contribution in [1.82, 2.24) is 0 Å². The monoisotopic (exact) mass is 475 g/mol. The fourth-order valence-electron chi connectivity index (χ4n) is 2.28. The molecule has 2 rings (SSSR count). The van der Waals surface area contributed by atoms with E-state index in [9.17, 15) is 9.59 Å². The number of nitrogens with zero attached hydrogens (tertiary/aromatic N) is 1. The van der Waals surface area contributed by atoms with Crippen molar-refractivity contribution >= 4 is 51.8 Å². The van der Waals surface area contributed by atoms with Gasteiger partial charge in [-0.2, -0.15) is 0 Å². The summed E-state index contributed by atoms with van der Waals surface area (Å²) in [6.45, 7) is 0. The standard InChI is InChI=1S/C17H15ClINO5/c1-23-15-12(19)8-7-11(18)14(15)20-9-5-4-6-10(16(21)24-2)13(20)17(22)25-3/h4-9H,1-3H3. The van der Waals surface area contributed by atoms with Crippen LogP contribution in [-0.2, 0) is 19.1 Å². The Labute approximate surface area is 163 Å². The highest BCUT2D eigenvalue weighted by atomic mass is 127. The van der Waals surface area contributed by atoms with Gasteiger partial charge in [0.1, 0.15) is 11.4 Å². The second-order valence-corrected chi connectivity index (χ2v) is 6.30. The summed E-state index contributed by atoms with van der Waals surface area (Å²) in [6.07, 6.45) is 6.35. The SMILES string of the molecule is COC(=O)C1=C(C(=O)OC)N(c2c(Cl)ccc(I)c2OC)C=CC=C1. The minimum absolute atomic E-state index is 0.0263. The van der Waals surface area contributed by atoms with Gasteiger partial charge >= 0.3 is 11.9 Å². The average Bonchev–Trinajstić information content (AvgIpc) is 2.84. The predicted molar refractivity (Wildman–Crippen MR) is 103 cm³/mol. The molecule has 0 bridgehead atoms. The summed E-state index contributed by atoms with van der Waals surface area (Å²) in [7, 11) is 3.97. The number of anilines is 1. The third-order valence-electron chi connectivity index (χ3n) is 3.37. The fourth-order valence-corrected chi connectivity index (χ4v) is 3.17. The van der Waals surface area contributed by atoms with Gasteiger partial charge in [0.2, 0.25) is 0 Å². The molecule has 25 heavy (non-hydrogen) atoms. The molecule has 0 radical (unpaired) electrons. The third-order valence-corrected chi connectivity index (χ3v) is 4.52. The molecule has 1 aliphatic rings. The lowest BCUT2D eigenvalue weighted by Gasteiger charge is -2.26. The summed E-state index contributed by atoms with van der Waals surface area (Å²) >= 11 is 8.47. The first-order valence-electron chi connectivity index (χ1n) is 7.03. The maximum atomic E-state index is 12.4. The highest BCUT2D eigenvalue weighted by Crippen LogP contribution is 2.42. The minimum atomic E-state index is -0.714. The Balaban J connectivity index is 2.81. The Morgan fingerprint density at radius 2 is 1.76 bits per heavy atom. The molecule has 1 aromatic carbocycles. The Bertz CT molecular complexity index is 800. The van der Waals surface area contributed by atoms with Gasteiger partial charge in [-0.05, 0) is 46.9 Å². The van der Waals surface area contributed by atoms with Gasteiger partial charge in [-0.1, -0.05) is 17.7 Å². The second-order valence-electron chi connectivity index (χ2n) is 4.73. The molecule has 1 aliphatic heterocycles. The maximum Gasteiger partial charge on any atom is 0.355 e. The number of methoxy groups -OCH3 is 3. The van der Waals surface area contributed by atoms with Crippen LogP contribution >= 0.6 is 34.2 Å². The van der Waals surface area contributed by atoms with Gasteiger partial charge in [-0.15, -0.1) is 0 Å².